The Balaban J connectivity index is 1.10. The van der Waals surface area contributed by atoms with Gasteiger partial charge in [-0.1, -0.05) is 163 Å². The average Bonchev–Trinajstić information content (AvgIpc) is 3.54. The molecule has 0 saturated heterocycles. The second kappa shape index (κ2) is 12.2. The predicted octanol–water partition coefficient (Wildman–Crippen LogP) is 12.5. The number of pyridine rings is 1. The lowest BCUT2D eigenvalue weighted by molar-refractivity contribution is 0.722. The lowest BCUT2D eigenvalue weighted by Crippen LogP contribution is -2.32. The molecule has 54 heavy (non-hydrogen) atoms. The largest absolute Gasteiger partial charge is 0.256 e. The minimum Gasteiger partial charge on any atom is -0.256 e. The number of rotatable bonds is 4. The first-order valence-electron chi connectivity index (χ1n) is 18.3. The van der Waals surface area contributed by atoms with Crippen LogP contribution in [0.1, 0.15) is 22.3 Å². The van der Waals surface area contributed by atoms with Crippen molar-refractivity contribution in [1.82, 2.24) is 15.0 Å². The molecular weight excluding hydrogens is 675 g/mol. The molecule has 0 saturated carbocycles. The molecule has 0 amide bonds. The predicted molar refractivity (Wildman–Crippen MR) is 221 cm³/mol. The molecule has 0 N–H and O–H groups in total. The van der Waals surface area contributed by atoms with Crippen molar-refractivity contribution in [1.29, 1.82) is 0 Å². The molecule has 1 aliphatic heterocycles. The van der Waals surface area contributed by atoms with Crippen LogP contribution in [0, 0.1) is 0 Å². The van der Waals surface area contributed by atoms with Crippen LogP contribution in [0.3, 0.4) is 0 Å². The highest BCUT2D eigenvalue weighted by Gasteiger charge is 2.50. The van der Waals surface area contributed by atoms with E-state index in [1.807, 2.05) is 42.2 Å². The molecule has 0 unspecified atom stereocenters. The van der Waals surface area contributed by atoms with Gasteiger partial charge < -0.3 is 0 Å². The Morgan fingerprint density at radius 1 is 0.389 bits per heavy atom. The van der Waals surface area contributed by atoms with Gasteiger partial charge in [0.2, 0.25) is 0 Å². The van der Waals surface area contributed by atoms with Crippen LogP contribution in [0.5, 0.6) is 0 Å². The van der Waals surface area contributed by atoms with E-state index in [1.54, 1.807) is 0 Å². The van der Waals surface area contributed by atoms with Crippen molar-refractivity contribution in [3.8, 4) is 56.2 Å². The third kappa shape index (κ3) is 4.67. The van der Waals surface area contributed by atoms with Crippen molar-refractivity contribution in [2.75, 3.05) is 0 Å². The fourth-order valence-corrected chi connectivity index (χ4v) is 9.81. The molecule has 3 nitrogen and oxygen atoms in total. The molecule has 1 aliphatic carbocycles. The number of hydrogen-bond acceptors (Lipinski definition) is 4. The summed E-state index contributed by atoms with van der Waals surface area (Å²) in [6.07, 6.45) is 1.86. The number of aromatic nitrogens is 3. The van der Waals surface area contributed by atoms with Crippen LogP contribution in [0.2, 0.25) is 0 Å². The van der Waals surface area contributed by atoms with Gasteiger partial charge in [-0.05, 0) is 69.3 Å². The SMILES string of the molecule is c1ccc(-c2nc(-c3ccc(-c4cccc5cccnc45)cc3)cc(-c3ccc4c(c3)C3(c5ccccc5S4)c4ccccc4-c4ccccc43)n2)cc1. The zero-order chi connectivity index (χ0) is 35.6. The monoisotopic (exact) mass is 705 g/mol. The zero-order valence-corrected chi connectivity index (χ0v) is 30.0. The molecule has 9 aromatic rings. The third-order valence-electron chi connectivity index (χ3n) is 11.0. The Morgan fingerprint density at radius 2 is 0.981 bits per heavy atom. The minimum atomic E-state index is -0.454. The van der Waals surface area contributed by atoms with Gasteiger partial charge in [-0.15, -0.1) is 0 Å². The lowest BCUT2D eigenvalue weighted by Gasteiger charge is -2.39. The summed E-state index contributed by atoms with van der Waals surface area (Å²) in [6, 6.07) is 65.3. The fraction of sp³-hybridized carbons (Fsp3) is 0.0200. The highest BCUT2D eigenvalue weighted by Crippen LogP contribution is 2.62. The van der Waals surface area contributed by atoms with Gasteiger partial charge in [-0.3, -0.25) is 4.98 Å². The van der Waals surface area contributed by atoms with Crippen molar-refractivity contribution in [2.45, 2.75) is 15.2 Å². The molecule has 0 fully saturated rings. The van der Waals surface area contributed by atoms with Gasteiger partial charge in [0.25, 0.3) is 0 Å². The van der Waals surface area contributed by atoms with E-state index in [0.717, 1.165) is 50.1 Å². The lowest BCUT2D eigenvalue weighted by atomic mass is 9.67. The summed E-state index contributed by atoms with van der Waals surface area (Å²) in [6.45, 7) is 0. The van der Waals surface area contributed by atoms with E-state index in [1.165, 1.54) is 43.2 Å². The molecule has 2 aliphatic rings. The second-order valence-corrected chi connectivity index (χ2v) is 15.0. The molecule has 11 rings (SSSR count). The molecule has 7 aromatic carbocycles. The van der Waals surface area contributed by atoms with E-state index in [-0.39, 0.29) is 0 Å². The van der Waals surface area contributed by atoms with Crippen molar-refractivity contribution >= 4 is 22.7 Å². The minimum absolute atomic E-state index is 0.454. The van der Waals surface area contributed by atoms with Gasteiger partial charge >= 0.3 is 0 Å². The van der Waals surface area contributed by atoms with E-state index in [0.29, 0.717) is 5.82 Å². The summed E-state index contributed by atoms with van der Waals surface area (Å²) < 4.78 is 0. The third-order valence-corrected chi connectivity index (χ3v) is 12.2. The smallest absolute Gasteiger partial charge is 0.160 e. The highest BCUT2D eigenvalue weighted by molar-refractivity contribution is 7.99. The number of fused-ring (bicyclic) bond motifs is 10. The molecule has 0 atom stereocenters. The Labute approximate surface area is 318 Å². The Morgan fingerprint density at radius 3 is 1.76 bits per heavy atom. The summed E-state index contributed by atoms with van der Waals surface area (Å²) in [5.41, 5.74) is 15.5. The molecule has 0 radical (unpaired) electrons. The number of para-hydroxylation sites is 1. The van der Waals surface area contributed by atoms with Gasteiger partial charge in [-0.25, -0.2) is 9.97 Å². The van der Waals surface area contributed by atoms with Crippen LogP contribution in [-0.4, -0.2) is 15.0 Å². The van der Waals surface area contributed by atoms with Crippen LogP contribution in [0.15, 0.2) is 198 Å². The maximum absolute atomic E-state index is 5.27. The number of benzene rings is 7. The molecule has 1 spiro atoms. The molecule has 252 valence electrons. The Bertz CT molecular complexity index is 2870. The standard InChI is InChI=1S/C50H31N3S/c1-2-12-35(13-3-1)49-52-44(33-25-23-32(24-26-33)37-18-10-14-34-15-11-29-51-48(34)37)31-45(53-49)36-27-28-47-43(30-36)50(42-21-8-9-22-46(42)54-47)40-19-6-4-16-38(40)39-17-5-7-20-41(39)50/h1-31H. The van der Waals surface area contributed by atoms with E-state index < -0.39 is 5.41 Å². The van der Waals surface area contributed by atoms with Gasteiger partial charge in [0.1, 0.15) is 0 Å². The van der Waals surface area contributed by atoms with E-state index in [4.69, 9.17) is 15.0 Å². The fourth-order valence-electron chi connectivity index (χ4n) is 8.63. The van der Waals surface area contributed by atoms with Crippen molar-refractivity contribution in [3.05, 3.63) is 210 Å². The molecule has 2 aromatic heterocycles. The maximum Gasteiger partial charge on any atom is 0.160 e. The summed E-state index contributed by atoms with van der Waals surface area (Å²) in [7, 11) is 0. The van der Waals surface area contributed by atoms with E-state index in [2.05, 4.69) is 158 Å². The average molecular weight is 706 g/mol. The van der Waals surface area contributed by atoms with Crippen LogP contribution in [0.4, 0.5) is 0 Å². The summed E-state index contributed by atoms with van der Waals surface area (Å²) in [5.74, 6) is 0.703. The van der Waals surface area contributed by atoms with Gasteiger partial charge in [0.15, 0.2) is 5.82 Å². The maximum atomic E-state index is 5.27. The number of nitrogens with zero attached hydrogens (tertiary/aromatic N) is 3. The number of hydrogen-bond donors (Lipinski definition) is 0. The molecule has 4 heteroatoms. The Hall–Kier alpha value is -6.62. The van der Waals surface area contributed by atoms with Crippen molar-refractivity contribution in [3.63, 3.8) is 0 Å². The first kappa shape index (κ1) is 31.0. The van der Waals surface area contributed by atoms with E-state index >= 15 is 0 Å². The highest BCUT2D eigenvalue weighted by atomic mass is 32.2. The van der Waals surface area contributed by atoms with Crippen molar-refractivity contribution < 1.29 is 0 Å². The zero-order valence-electron chi connectivity index (χ0n) is 29.1. The van der Waals surface area contributed by atoms with Gasteiger partial charge in [-0.2, -0.15) is 0 Å². The first-order valence-corrected chi connectivity index (χ1v) is 19.1. The van der Waals surface area contributed by atoms with Crippen LogP contribution in [0.25, 0.3) is 67.1 Å². The summed E-state index contributed by atoms with van der Waals surface area (Å²) >= 11 is 1.86. The topological polar surface area (TPSA) is 38.7 Å². The Kier molecular flexibility index (Phi) is 7.01. The van der Waals surface area contributed by atoms with Gasteiger partial charge in [0, 0.05) is 43.6 Å². The van der Waals surface area contributed by atoms with E-state index in [9.17, 15) is 0 Å². The van der Waals surface area contributed by atoms with Crippen molar-refractivity contribution in [2.24, 2.45) is 0 Å². The molecular formula is C50H31N3S. The van der Waals surface area contributed by atoms with Gasteiger partial charge in [0.05, 0.1) is 22.3 Å². The van der Waals surface area contributed by atoms with Crippen LogP contribution < -0.4 is 0 Å². The van der Waals surface area contributed by atoms with Crippen LogP contribution >= 0.6 is 11.8 Å². The summed E-state index contributed by atoms with van der Waals surface area (Å²) in [4.78, 5) is 17.7. The molecule has 3 heterocycles. The second-order valence-electron chi connectivity index (χ2n) is 13.9. The quantitative estimate of drug-likeness (QED) is 0.183. The first-order chi connectivity index (χ1) is 26.8. The van der Waals surface area contributed by atoms with Crippen LogP contribution in [-0.2, 0) is 5.41 Å². The normalized spacial score (nSPS) is 13.3. The summed E-state index contributed by atoms with van der Waals surface area (Å²) in [5, 5.41) is 1.13. The molecule has 0 bridgehead atoms.